The zero-order chi connectivity index (χ0) is 11.7. The summed E-state index contributed by atoms with van der Waals surface area (Å²) in [6.07, 6.45) is 0.193. The summed E-state index contributed by atoms with van der Waals surface area (Å²) in [4.78, 5) is 10.7. The molecule has 1 heterocycles. The van der Waals surface area contributed by atoms with Crippen LogP contribution in [0.4, 0.5) is 5.69 Å². The highest BCUT2D eigenvalue weighted by molar-refractivity contribution is 6.30. The average Bonchev–Trinajstić information content (AvgIpc) is 2.59. The summed E-state index contributed by atoms with van der Waals surface area (Å²) in [6, 6.07) is 5.72. The molecule has 2 N–H and O–H groups in total. The van der Waals surface area contributed by atoms with Crippen LogP contribution in [-0.4, -0.2) is 17.6 Å². The zero-order valence-corrected chi connectivity index (χ0v) is 9.79. The molecule has 0 aliphatic carbocycles. The van der Waals surface area contributed by atoms with E-state index in [9.17, 15) is 4.79 Å². The predicted octanol–water partition coefficient (Wildman–Crippen LogP) is 2.96. The number of hydrogen-bond donors (Lipinski definition) is 2. The first-order chi connectivity index (χ1) is 7.58. The van der Waals surface area contributed by atoms with E-state index in [1.165, 1.54) is 0 Å². The SMILES string of the molecule is CC(CC(=O)O)C1CNc2ccc(Cl)cc21. The highest BCUT2D eigenvalue weighted by Gasteiger charge is 2.28. The van der Waals surface area contributed by atoms with E-state index in [1.54, 1.807) is 0 Å². The summed E-state index contributed by atoms with van der Waals surface area (Å²) in [5.74, 6) is -0.391. The number of fused-ring (bicyclic) bond motifs is 1. The first kappa shape index (κ1) is 11.3. The molecule has 0 saturated heterocycles. The van der Waals surface area contributed by atoms with Crippen molar-refractivity contribution in [2.24, 2.45) is 5.92 Å². The Morgan fingerprint density at radius 2 is 2.44 bits per heavy atom. The third kappa shape index (κ3) is 2.14. The second-order valence-corrected chi connectivity index (χ2v) is 4.73. The van der Waals surface area contributed by atoms with Crippen molar-refractivity contribution in [2.75, 3.05) is 11.9 Å². The molecule has 2 atom stereocenters. The van der Waals surface area contributed by atoms with Crippen LogP contribution in [0.1, 0.15) is 24.8 Å². The van der Waals surface area contributed by atoms with E-state index in [4.69, 9.17) is 16.7 Å². The summed E-state index contributed by atoms with van der Waals surface area (Å²) in [7, 11) is 0. The Morgan fingerprint density at radius 1 is 1.69 bits per heavy atom. The third-order valence-corrected chi connectivity index (χ3v) is 3.34. The molecular formula is C12H14ClNO2. The van der Waals surface area contributed by atoms with Gasteiger partial charge in [0.1, 0.15) is 0 Å². The molecule has 16 heavy (non-hydrogen) atoms. The summed E-state index contributed by atoms with van der Waals surface area (Å²) in [5.41, 5.74) is 2.22. The molecule has 1 aromatic carbocycles. The van der Waals surface area contributed by atoms with E-state index < -0.39 is 5.97 Å². The molecule has 0 radical (unpaired) electrons. The smallest absolute Gasteiger partial charge is 0.303 e. The Morgan fingerprint density at radius 3 is 3.12 bits per heavy atom. The van der Waals surface area contributed by atoms with Crippen molar-refractivity contribution in [3.63, 3.8) is 0 Å². The Hall–Kier alpha value is -1.22. The number of nitrogens with one attached hydrogen (secondary N) is 1. The lowest BCUT2D eigenvalue weighted by molar-refractivity contribution is -0.138. The van der Waals surface area contributed by atoms with Crippen molar-refractivity contribution < 1.29 is 9.90 Å². The Balaban J connectivity index is 2.22. The van der Waals surface area contributed by atoms with Gasteiger partial charge in [-0.15, -0.1) is 0 Å². The van der Waals surface area contributed by atoms with Gasteiger partial charge in [0.15, 0.2) is 0 Å². The molecule has 86 valence electrons. The van der Waals surface area contributed by atoms with Crippen LogP contribution in [-0.2, 0) is 4.79 Å². The number of benzene rings is 1. The summed E-state index contributed by atoms with van der Waals surface area (Å²) in [5, 5.41) is 12.8. The third-order valence-electron chi connectivity index (χ3n) is 3.11. The van der Waals surface area contributed by atoms with Crippen LogP contribution in [0.25, 0.3) is 0 Å². The number of carboxylic acid groups (broad SMARTS) is 1. The van der Waals surface area contributed by atoms with Gasteiger partial charge in [0.05, 0.1) is 0 Å². The molecular weight excluding hydrogens is 226 g/mol. The zero-order valence-electron chi connectivity index (χ0n) is 9.03. The lowest BCUT2D eigenvalue weighted by Gasteiger charge is -2.17. The number of aliphatic carboxylic acids is 1. The fraction of sp³-hybridized carbons (Fsp3) is 0.417. The van der Waals surface area contributed by atoms with Gasteiger partial charge in [-0.25, -0.2) is 0 Å². The largest absolute Gasteiger partial charge is 0.481 e. The summed E-state index contributed by atoms with van der Waals surface area (Å²) >= 11 is 5.95. The first-order valence-electron chi connectivity index (χ1n) is 5.33. The number of carboxylic acids is 1. The van der Waals surface area contributed by atoms with Gasteiger partial charge in [0, 0.05) is 29.6 Å². The van der Waals surface area contributed by atoms with Crippen LogP contribution in [0.15, 0.2) is 18.2 Å². The standard InChI is InChI=1S/C12H14ClNO2/c1-7(4-12(15)16)10-6-14-11-3-2-8(13)5-9(10)11/h2-3,5,7,10,14H,4,6H2,1H3,(H,15,16). The van der Waals surface area contributed by atoms with Crippen LogP contribution < -0.4 is 5.32 Å². The lowest BCUT2D eigenvalue weighted by atomic mass is 9.87. The minimum atomic E-state index is -0.747. The van der Waals surface area contributed by atoms with Crippen LogP contribution in [0.5, 0.6) is 0 Å². The second kappa shape index (κ2) is 4.34. The molecule has 2 unspecified atom stereocenters. The van der Waals surface area contributed by atoms with Crippen LogP contribution in [0.3, 0.4) is 0 Å². The van der Waals surface area contributed by atoms with E-state index in [2.05, 4.69) is 5.32 Å². The van der Waals surface area contributed by atoms with E-state index >= 15 is 0 Å². The maximum Gasteiger partial charge on any atom is 0.303 e. The topological polar surface area (TPSA) is 49.3 Å². The molecule has 1 aromatic rings. The van der Waals surface area contributed by atoms with Crippen molar-refractivity contribution >= 4 is 23.3 Å². The summed E-state index contributed by atoms with van der Waals surface area (Å²) < 4.78 is 0. The van der Waals surface area contributed by atoms with Gasteiger partial charge in [0.2, 0.25) is 0 Å². The summed E-state index contributed by atoms with van der Waals surface area (Å²) in [6.45, 7) is 2.76. The average molecular weight is 240 g/mol. The molecule has 0 spiro atoms. The second-order valence-electron chi connectivity index (χ2n) is 4.29. The van der Waals surface area contributed by atoms with Gasteiger partial charge in [-0.05, 0) is 29.7 Å². The number of carbonyl (C=O) groups is 1. The highest BCUT2D eigenvalue weighted by Crippen LogP contribution is 2.38. The van der Waals surface area contributed by atoms with Gasteiger partial charge in [-0.3, -0.25) is 4.79 Å². The van der Waals surface area contributed by atoms with Gasteiger partial charge in [-0.2, -0.15) is 0 Å². The van der Waals surface area contributed by atoms with Gasteiger partial charge >= 0.3 is 5.97 Å². The van der Waals surface area contributed by atoms with Crippen molar-refractivity contribution in [2.45, 2.75) is 19.3 Å². The Kier molecular flexibility index (Phi) is 3.06. The molecule has 3 nitrogen and oxygen atoms in total. The highest BCUT2D eigenvalue weighted by atomic mass is 35.5. The quantitative estimate of drug-likeness (QED) is 0.853. The predicted molar refractivity (Wildman–Crippen MR) is 64.1 cm³/mol. The fourth-order valence-corrected chi connectivity index (χ4v) is 2.44. The lowest BCUT2D eigenvalue weighted by Crippen LogP contribution is -2.15. The molecule has 0 aromatic heterocycles. The number of hydrogen-bond acceptors (Lipinski definition) is 2. The van der Waals surface area contributed by atoms with E-state index in [1.807, 2.05) is 25.1 Å². The molecule has 4 heteroatoms. The van der Waals surface area contributed by atoms with Crippen molar-refractivity contribution in [3.05, 3.63) is 28.8 Å². The normalized spacial score (nSPS) is 20.0. The number of anilines is 1. The minimum absolute atomic E-state index is 0.115. The molecule has 0 fully saturated rings. The van der Waals surface area contributed by atoms with E-state index in [0.717, 1.165) is 17.8 Å². The van der Waals surface area contributed by atoms with Crippen LogP contribution in [0, 0.1) is 5.92 Å². The van der Waals surface area contributed by atoms with Gasteiger partial charge < -0.3 is 10.4 Å². The minimum Gasteiger partial charge on any atom is -0.481 e. The van der Waals surface area contributed by atoms with Crippen LogP contribution in [0.2, 0.25) is 5.02 Å². The number of rotatable bonds is 3. The van der Waals surface area contributed by atoms with Crippen molar-refractivity contribution in [1.82, 2.24) is 0 Å². The van der Waals surface area contributed by atoms with Crippen LogP contribution >= 0.6 is 11.6 Å². The molecule has 2 rings (SSSR count). The monoisotopic (exact) mass is 239 g/mol. The molecule has 0 bridgehead atoms. The van der Waals surface area contributed by atoms with Crippen molar-refractivity contribution in [1.29, 1.82) is 0 Å². The van der Waals surface area contributed by atoms with E-state index in [0.29, 0.717) is 5.02 Å². The number of halogens is 1. The van der Waals surface area contributed by atoms with E-state index in [-0.39, 0.29) is 18.3 Å². The Bertz CT molecular complexity index is 419. The molecule has 0 saturated carbocycles. The molecule has 1 aliphatic heterocycles. The maximum absolute atomic E-state index is 10.7. The van der Waals surface area contributed by atoms with Crippen molar-refractivity contribution in [3.8, 4) is 0 Å². The fourth-order valence-electron chi connectivity index (χ4n) is 2.26. The Labute approximate surface area is 99.4 Å². The van der Waals surface area contributed by atoms with Gasteiger partial charge in [0.25, 0.3) is 0 Å². The molecule has 0 amide bonds. The first-order valence-corrected chi connectivity index (χ1v) is 5.71. The maximum atomic E-state index is 10.7. The molecule has 1 aliphatic rings. The van der Waals surface area contributed by atoms with Gasteiger partial charge in [-0.1, -0.05) is 18.5 Å².